The highest BCUT2D eigenvalue weighted by Crippen LogP contribution is 2.23. The molecule has 5 rings (SSSR count). The van der Waals surface area contributed by atoms with Crippen molar-refractivity contribution >= 4 is 17.7 Å². The normalized spacial score (nSPS) is 18.6. The molecular formula is C36H41FN6O3. The van der Waals surface area contributed by atoms with Gasteiger partial charge in [0.15, 0.2) is 0 Å². The number of benzene rings is 3. The Kier molecular flexibility index (Phi) is 10.6. The van der Waals surface area contributed by atoms with Gasteiger partial charge in [0.05, 0.1) is 12.6 Å². The minimum atomic E-state index is -0.723. The van der Waals surface area contributed by atoms with Gasteiger partial charge in [0.25, 0.3) is 5.91 Å². The molecule has 0 spiro atoms. The minimum absolute atomic E-state index is 0.0997. The Morgan fingerprint density at radius 1 is 0.957 bits per heavy atom. The maximum Gasteiger partial charge on any atom is 0.253 e. The lowest BCUT2D eigenvalue weighted by molar-refractivity contribution is -0.130. The van der Waals surface area contributed by atoms with Crippen LogP contribution in [0.3, 0.4) is 0 Å². The number of nitrogens with one attached hydrogen (secondary N) is 2. The fourth-order valence-corrected chi connectivity index (χ4v) is 5.80. The zero-order valence-electron chi connectivity index (χ0n) is 26.6. The average molecular weight is 625 g/mol. The largest absolute Gasteiger partial charge is 0.344 e. The Balaban J connectivity index is 1.48. The Hall–Kier alpha value is -4.86. The van der Waals surface area contributed by atoms with Gasteiger partial charge in [-0.2, -0.15) is 5.10 Å². The first kappa shape index (κ1) is 32.5. The summed E-state index contributed by atoms with van der Waals surface area (Å²) >= 11 is 0. The topological polar surface area (TPSA) is 109 Å². The van der Waals surface area contributed by atoms with Crippen LogP contribution in [0.5, 0.6) is 0 Å². The number of amides is 3. The van der Waals surface area contributed by atoms with E-state index in [0.29, 0.717) is 61.7 Å². The molecule has 1 aliphatic rings. The van der Waals surface area contributed by atoms with Crippen molar-refractivity contribution in [3.63, 3.8) is 0 Å². The molecule has 3 atom stereocenters. The van der Waals surface area contributed by atoms with Gasteiger partial charge in [-0.3, -0.25) is 14.4 Å². The zero-order chi connectivity index (χ0) is 32.6. The molecular weight excluding hydrogens is 583 g/mol. The molecule has 0 saturated carbocycles. The molecule has 10 heteroatoms. The van der Waals surface area contributed by atoms with Gasteiger partial charge in [-0.1, -0.05) is 74.9 Å². The number of aryl methyl sites for hydroxylation is 1. The summed E-state index contributed by atoms with van der Waals surface area (Å²) in [7, 11) is 0. The van der Waals surface area contributed by atoms with Crippen molar-refractivity contribution < 1.29 is 18.8 Å². The first-order chi connectivity index (χ1) is 22.2. The number of aromatic nitrogens is 3. The van der Waals surface area contributed by atoms with Crippen LogP contribution in [0.15, 0.2) is 78.9 Å². The maximum atomic E-state index is 14.0. The van der Waals surface area contributed by atoms with Crippen molar-refractivity contribution in [3.8, 4) is 11.1 Å². The van der Waals surface area contributed by atoms with Gasteiger partial charge in [0.1, 0.15) is 23.5 Å². The third-order valence-corrected chi connectivity index (χ3v) is 8.50. The highest BCUT2D eigenvalue weighted by atomic mass is 19.1. The lowest BCUT2D eigenvalue weighted by Gasteiger charge is -2.28. The van der Waals surface area contributed by atoms with Crippen molar-refractivity contribution in [2.45, 2.75) is 65.1 Å². The second kappa shape index (κ2) is 14.9. The molecule has 0 radical (unpaired) electrons. The highest BCUT2D eigenvalue weighted by Gasteiger charge is 2.31. The van der Waals surface area contributed by atoms with Gasteiger partial charge < -0.3 is 15.5 Å². The summed E-state index contributed by atoms with van der Waals surface area (Å²) in [6.45, 7) is 6.72. The van der Waals surface area contributed by atoms with Crippen LogP contribution < -0.4 is 10.6 Å². The van der Waals surface area contributed by atoms with Crippen LogP contribution in [0.1, 0.15) is 66.7 Å². The molecule has 9 nitrogen and oxygen atoms in total. The van der Waals surface area contributed by atoms with Crippen LogP contribution in [-0.2, 0) is 22.6 Å². The van der Waals surface area contributed by atoms with Crippen LogP contribution in [-0.4, -0.2) is 56.5 Å². The Bertz CT molecular complexity index is 1670. The van der Waals surface area contributed by atoms with E-state index in [1.54, 1.807) is 46.8 Å². The number of hydrogen-bond acceptors (Lipinski definition) is 5. The first-order valence-electron chi connectivity index (χ1n) is 15.9. The van der Waals surface area contributed by atoms with Crippen molar-refractivity contribution in [1.82, 2.24) is 30.3 Å². The summed E-state index contributed by atoms with van der Waals surface area (Å²) in [5.74, 6) is -0.00772. The summed E-state index contributed by atoms with van der Waals surface area (Å²) in [5, 5.41) is 10.8. The Morgan fingerprint density at radius 2 is 1.70 bits per heavy atom. The van der Waals surface area contributed by atoms with E-state index in [1.807, 2.05) is 50.2 Å². The number of hydrogen-bond donors (Lipinski definition) is 2. The summed E-state index contributed by atoms with van der Waals surface area (Å²) < 4.78 is 15.7. The number of fused-ring (bicyclic) bond motifs is 1. The zero-order valence-corrected chi connectivity index (χ0v) is 26.6. The molecule has 0 fully saturated rings. The molecule has 3 amide bonds. The predicted molar refractivity (Wildman–Crippen MR) is 174 cm³/mol. The molecule has 0 saturated heterocycles. The molecule has 3 aromatic carbocycles. The standard InChI is InChI=1S/C36H41FN6O3/c1-4-24(2)33-35(45)39-31(21-26-11-6-5-7-12-26)34-38-25(3)41-43(34)20-19-42(18-10-17-32(44)40-33)36(46)29-15-8-13-27(22-29)28-14-9-16-30(37)23-28/h5-9,11-16,22-24,31,33H,4,10,17-21H2,1-3H3,(H,39,45)(H,40,44)/t24-,31-,33-/m0/s1. The van der Waals surface area contributed by atoms with E-state index in [9.17, 15) is 18.8 Å². The van der Waals surface area contributed by atoms with Crippen molar-refractivity contribution in [2.75, 3.05) is 13.1 Å². The van der Waals surface area contributed by atoms with Gasteiger partial charge in [0, 0.05) is 25.1 Å². The lowest BCUT2D eigenvalue weighted by Crippen LogP contribution is -2.51. The van der Waals surface area contributed by atoms with Crippen LogP contribution in [0.4, 0.5) is 4.39 Å². The molecule has 0 aliphatic carbocycles. The van der Waals surface area contributed by atoms with E-state index in [4.69, 9.17) is 4.98 Å². The van der Waals surface area contributed by atoms with Crippen LogP contribution in [0, 0.1) is 18.7 Å². The summed E-state index contributed by atoms with van der Waals surface area (Å²) in [4.78, 5) is 47.3. The second-order valence-electron chi connectivity index (χ2n) is 11.9. The first-order valence-corrected chi connectivity index (χ1v) is 15.9. The quantitative estimate of drug-likeness (QED) is 0.304. The summed E-state index contributed by atoms with van der Waals surface area (Å²) in [6, 6.07) is 22.0. The average Bonchev–Trinajstić information content (AvgIpc) is 3.44. The van der Waals surface area contributed by atoms with Crippen LogP contribution in [0.2, 0.25) is 0 Å². The molecule has 1 aliphatic heterocycles. The van der Waals surface area contributed by atoms with Gasteiger partial charge in [0.2, 0.25) is 11.8 Å². The molecule has 240 valence electrons. The number of nitrogens with zero attached hydrogens (tertiary/aromatic N) is 4. The van der Waals surface area contributed by atoms with Crippen molar-refractivity contribution in [1.29, 1.82) is 0 Å². The van der Waals surface area contributed by atoms with E-state index in [2.05, 4.69) is 15.7 Å². The molecule has 46 heavy (non-hydrogen) atoms. The van der Waals surface area contributed by atoms with Gasteiger partial charge in [-0.25, -0.2) is 14.1 Å². The van der Waals surface area contributed by atoms with E-state index >= 15 is 0 Å². The maximum absolute atomic E-state index is 14.0. The SMILES string of the molecule is CC[C@H](C)[C@@H]1NC(=O)CCCN(C(=O)c2cccc(-c3cccc(F)c3)c2)CCn2nc(C)nc2[C@H](Cc2ccccc2)NC1=O. The van der Waals surface area contributed by atoms with Gasteiger partial charge in [-0.15, -0.1) is 0 Å². The van der Waals surface area contributed by atoms with Crippen LogP contribution in [0.25, 0.3) is 11.1 Å². The number of rotatable bonds is 6. The Labute approximate surface area is 269 Å². The number of carbonyl (C=O) groups excluding carboxylic acids is 3. The summed E-state index contributed by atoms with van der Waals surface area (Å²) in [5.41, 5.74) is 2.89. The smallest absolute Gasteiger partial charge is 0.253 e. The fraction of sp³-hybridized carbons (Fsp3) is 0.361. The predicted octanol–water partition coefficient (Wildman–Crippen LogP) is 5.26. The van der Waals surface area contributed by atoms with E-state index in [-0.39, 0.29) is 35.9 Å². The molecule has 1 aromatic heterocycles. The Morgan fingerprint density at radius 3 is 2.43 bits per heavy atom. The molecule has 0 unspecified atom stereocenters. The monoisotopic (exact) mass is 624 g/mol. The lowest BCUT2D eigenvalue weighted by atomic mass is 9.97. The number of halogens is 1. The van der Waals surface area contributed by atoms with Gasteiger partial charge >= 0.3 is 0 Å². The fourth-order valence-electron chi connectivity index (χ4n) is 5.80. The highest BCUT2D eigenvalue weighted by molar-refractivity contribution is 5.95. The van der Waals surface area contributed by atoms with Crippen molar-refractivity contribution in [2.24, 2.45) is 5.92 Å². The molecule has 2 N–H and O–H groups in total. The van der Waals surface area contributed by atoms with Crippen molar-refractivity contribution in [3.05, 3.63) is 107 Å². The third-order valence-electron chi connectivity index (χ3n) is 8.50. The minimum Gasteiger partial charge on any atom is -0.344 e. The summed E-state index contributed by atoms with van der Waals surface area (Å²) in [6.07, 6.45) is 1.75. The van der Waals surface area contributed by atoms with E-state index in [0.717, 1.165) is 11.1 Å². The van der Waals surface area contributed by atoms with E-state index in [1.165, 1.54) is 12.1 Å². The molecule has 4 aromatic rings. The third kappa shape index (κ3) is 8.04. The van der Waals surface area contributed by atoms with E-state index < -0.39 is 12.1 Å². The van der Waals surface area contributed by atoms with Gasteiger partial charge in [-0.05, 0) is 66.6 Å². The molecule has 0 bridgehead atoms. The van der Waals surface area contributed by atoms with Crippen LogP contribution >= 0.6 is 0 Å². The second-order valence-corrected chi connectivity index (χ2v) is 11.9. The molecule has 2 heterocycles. The number of carbonyl (C=O) groups is 3.